The number of carbonyl (C=O) groups excluding carboxylic acids is 3. The van der Waals surface area contributed by atoms with Crippen LogP contribution in [0, 0.1) is 5.82 Å². The summed E-state index contributed by atoms with van der Waals surface area (Å²) in [7, 11) is -4.01. The third-order valence-electron chi connectivity index (χ3n) is 2.75. The van der Waals surface area contributed by atoms with Crippen LogP contribution in [0.4, 0.5) is 9.18 Å². The summed E-state index contributed by atoms with van der Waals surface area (Å²) in [5.74, 6) is -2.57. The maximum atomic E-state index is 13.0. The van der Waals surface area contributed by atoms with Gasteiger partial charge in [0.05, 0.1) is 16.3 Å². The molecule has 1 rings (SSSR count). The number of carbonyl (C=O) groups is 3. The summed E-state index contributed by atoms with van der Waals surface area (Å²) in [5, 5.41) is 1.36. The largest absolute Gasteiger partial charge is 0.452 e. The van der Waals surface area contributed by atoms with E-state index in [9.17, 15) is 27.2 Å². The maximum Gasteiger partial charge on any atom is 0.318 e. The van der Waals surface area contributed by atoms with E-state index < -0.39 is 39.9 Å². The van der Waals surface area contributed by atoms with Crippen molar-refractivity contribution in [3.8, 4) is 0 Å². The number of sulfonamides is 1. The fraction of sp³-hybridized carbons (Fsp3) is 0.308. The second-order valence-corrected chi connectivity index (χ2v) is 6.88. The molecule has 0 aliphatic carbocycles. The zero-order chi connectivity index (χ0) is 19.2. The minimum atomic E-state index is -4.01. The van der Waals surface area contributed by atoms with Crippen molar-refractivity contribution in [3.05, 3.63) is 29.0 Å². The average Bonchev–Trinajstić information content (AvgIpc) is 2.48. The first-order valence-electron chi connectivity index (χ1n) is 6.77. The molecule has 0 heterocycles. The highest BCUT2D eigenvalue weighted by Crippen LogP contribution is 2.19. The second kappa shape index (κ2) is 8.74. The predicted octanol–water partition coefficient (Wildman–Crippen LogP) is 0.274. The van der Waals surface area contributed by atoms with E-state index in [1.807, 2.05) is 0 Å². The van der Waals surface area contributed by atoms with E-state index in [0.29, 0.717) is 0 Å². The minimum Gasteiger partial charge on any atom is -0.452 e. The van der Waals surface area contributed by atoms with Crippen molar-refractivity contribution in [1.29, 1.82) is 0 Å². The molecule has 1 atom stereocenters. The molecule has 0 saturated carbocycles. The van der Waals surface area contributed by atoms with Gasteiger partial charge in [-0.05, 0) is 25.1 Å². The molecule has 12 heteroatoms. The number of hydrogen-bond acceptors (Lipinski definition) is 6. The molecular weight excluding hydrogens is 381 g/mol. The number of benzene rings is 1. The van der Waals surface area contributed by atoms with Gasteiger partial charge in [-0.3, -0.25) is 14.9 Å². The molecule has 0 aliphatic rings. The number of nitrogens with two attached hydrogens (primary N) is 1. The lowest BCUT2D eigenvalue weighted by Gasteiger charge is -2.12. The van der Waals surface area contributed by atoms with Crippen molar-refractivity contribution in [2.24, 2.45) is 5.73 Å². The second-order valence-electron chi connectivity index (χ2n) is 4.71. The van der Waals surface area contributed by atoms with Crippen LogP contribution in [0.3, 0.4) is 0 Å². The van der Waals surface area contributed by atoms with E-state index in [2.05, 4.69) is 4.72 Å². The van der Waals surface area contributed by atoms with Crippen LogP contribution in [0.2, 0.25) is 5.02 Å². The predicted molar refractivity (Wildman–Crippen MR) is 84.5 cm³/mol. The third-order valence-corrected chi connectivity index (χ3v) is 4.49. The van der Waals surface area contributed by atoms with E-state index in [-0.39, 0.29) is 22.9 Å². The molecular formula is C13H15ClFN3O6S. The Hall–Kier alpha value is -2.24. The summed E-state index contributed by atoms with van der Waals surface area (Å²) in [6.45, 7) is 0.876. The number of esters is 1. The molecule has 0 bridgehead atoms. The average molecular weight is 396 g/mol. The summed E-state index contributed by atoms with van der Waals surface area (Å²) in [5.41, 5.74) is 4.74. The lowest BCUT2D eigenvalue weighted by Crippen LogP contribution is -2.42. The summed E-state index contributed by atoms with van der Waals surface area (Å²) in [6.07, 6.45) is -1.67. The van der Waals surface area contributed by atoms with Crippen LogP contribution in [0.25, 0.3) is 0 Å². The molecule has 0 unspecified atom stereocenters. The Balaban J connectivity index is 2.52. The van der Waals surface area contributed by atoms with Crippen LogP contribution < -0.4 is 15.8 Å². The van der Waals surface area contributed by atoms with Crippen molar-refractivity contribution in [1.82, 2.24) is 10.0 Å². The Morgan fingerprint density at radius 3 is 2.56 bits per heavy atom. The number of amides is 3. The standard InChI is InChI=1S/C13H15ClFN3O6S/c1-7(12(20)18-13(16)21)24-11(19)4-5-17-25(22,23)8-2-3-10(15)9(14)6-8/h2-3,6-7,17H,4-5H2,1H3,(H3,16,18,20,21)/t7-/m0/s1. The highest BCUT2D eigenvalue weighted by molar-refractivity contribution is 7.89. The zero-order valence-corrected chi connectivity index (χ0v) is 14.5. The number of ether oxygens (including phenoxy) is 1. The van der Waals surface area contributed by atoms with Crippen molar-refractivity contribution in [3.63, 3.8) is 0 Å². The van der Waals surface area contributed by atoms with E-state index in [4.69, 9.17) is 22.1 Å². The lowest BCUT2D eigenvalue weighted by molar-refractivity contribution is -0.154. The molecule has 25 heavy (non-hydrogen) atoms. The number of urea groups is 1. The number of imide groups is 1. The molecule has 0 fully saturated rings. The Bertz CT molecular complexity index is 786. The molecule has 9 nitrogen and oxygen atoms in total. The van der Waals surface area contributed by atoms with Crippen LogP contribution in [-0.2, 0) is 24.3 Å². The molecule has 0 aliphatic heterocycles. The summed E-state index contributed by atoms with van der Waals surface area (Å²) in [4.78, 5) is 33.1. The molecule has 0 spiro atoms. The number of halogens is 2. The van der Waals surface area contributed by atoms with E-state index in [1.165, 1.54) is 6.92 Å². The summed E-state index contributed by atoms with van der Waals surface area (Å²) < 4.78 is 43.8. The van der Waals surface area contributed by atoms with Gasteiger partial charge < -0.3 is 10.5 Å². The van der Waals surface area contributed by atoms with Crippen molar-refractivity contribution in [2.45, 2.75) is 24.3 Å². The van der Waals surface area contributed by atoms with Crippen LogP contribution >= 0.6 is 11.6 Å². The van der Waals surface area contributed by atoms with Gasteiger partial charge in [0, 0.05) is 6.54 Å². The topological polar surface area (TPSA) is 145 Å². The fourth-order valence-electron chi connectivity index (χ4n) is 1.55. The highest BCUT2D eigenvalue weighted by Gasteiger charge is 2.20. The Morgan fingerprint density at radius 1 is 1.36 bits per heavy atom. The molecule has 0 aromatic heterocycles. The monoisotopic (exact) mass is 395 g/mol. The lowest BCUT2D eigenvalue weighted by atomic mass is 10.3. The first-order valence-corrected chi connectivity index (χ1v) is 8.63. The first-order chi connectivity index (χ1) is 11.5. The quantitative estimate of drug-likeness (QED) is 0.565. The molecule has 1 aromatic rings. The molecule has 4 N–H and O–H groups in total. The summed E-state index contributed by atoms with van der Waals surface area (Å²) in [6, 6.07) is 1.73. The Morgan fingerprint density at radius 2 is 2.00 bits per heavy atom. The highest BCUT2D eigenvalue weighted by atomic mass is 35.5. The van der Waals surface area contributed by atoms with Gasteiger partial charge in [0.2, 0.25) is 10.0 Å². The zero-order valence-electron chi connectivity index (χ0n) is 12.9. The number of primary amides is 1. The normalized spacial score (nSPS) is 12.3. The van der Waals surface area contributed by atoms with E-state index in [0.717, 1.165) is 18.2 Å². The van der Waals surface area contributed by atoms with Gasteiger partial charge in [-0.1, -0.05) is 11.6 Å². The number of hydrogen-bond donors (Lipinski definition) is 3. The van der Waals surface area contributed by atoms with Gasteiger partial charge in [0.15, 0.2) is 6.10 Å². The van der Waals surface area contributed by atoms with Crippen molar-refractivity contribution < 1.29 is 31.9 Å². The van der Waals surface area contributed by atoms with Crippen molar-refractivity contribution >= 4 is 39.5 Å². The van der Waals surface area contributed by atoms with Crippen LogP contribution in [0.15, 0.2) is 23.1 Å². The molecule has 138 valence electrons. The van der Waals surface area contributed by atoms with Crippen LogP contribution in [0.1, 0.15) is 13.3 Å². The molecule has 1 aromatic carbocycles. The minimum absolute atomic E-state index is 0.276. The third kappa shape index (κ3) is 6.64. The van der Waals surface area contributed by atoms with Gasteiger partial charge >= 0.3 is 12.0 Å². The smallest absolute Gasteiger partial charge is 0.318 e. The fourth-order valence-corrected chi connectivity index (χ4v) is 2.85. The molecule has 0 radical (unpaired) electrons. The number of nitrogens with one attached hydrogen (secondary N) is 2. The number of rotatable bonds is 7. The van der Waals surface area contributed by atoms with Crippen LogP contribution in [-0.4, -0.2) is 39.0 Å². The van der Waals surface area contributed by atoms with E-state index in [1.54, 1.807) is 5.32 Å². The summed E-state index contributed by atoms with van der Waals surface area (Å²) >= 11 is 5.52. The Labute approximate surface area is 147 Å². The molecule has 0 saturated heterocycles. The van der Waals surface area contributed by atoms with Gasteiger partial charge in [-0.15, -0.1) is 0 Å². The van der Waals surface area contributed by atoms with Gasteiger partial charge in [-0.2, -0.15) is 0 Å². The first kappa shape index (κ1) is 20.8. The van der Waals surface area contributed by atoms with E-state index >= 15 is 0 Å². The van der Waals surface area contributed by atoms with Gasteiger partial charge in [-0.25, -0.2) is 22.3 Å². The van der Waals surface area contributed by atoms with Gasteiger partial charge in [0.25, 0.3) is 5.91 Å². The van der Waals surface area contributed by atoms with Gasteiger partial charge in [0.1, 0.15) is 5.82 Å². The van der Waals surface area contributed by atoms with Crippen LogP contribution in [0.5, 0.6) is 0 Å². The Kier molecular flexibility index (Phi) is 7.27. The van der Waals surface area contributed by atoms with Crippen molar-refractivity contribution in [2.75, 3.05) is 6.54 Å². The molecule has 3 amide bonds. The maximum absolute atomic E-state index is 13.0. The SMILES string of the molecule is C[C@H](OC(=O)CCNS(=O)(=O)c1ccc(F)c(Cl)c1)C(=O)NC(N)=O.